The van der Waals surface area contributed by atoms with E-state index in [9.17, 15) is 14.9 Å². The van der Waals surface area contributed by atoms with Gasteiger partial charge in [0.05, 0.1) is 82.6 Å². The number of hydrogen-bond acceptors (Lipinski definition) is 15. The molecule has 16 nitrogen and oxygen atoms in total. The summed E-state index contributed by atoms with van der Waals surface area (Å²) >= 11 is 0. The smallest absolute Gasteiger partial charge is 0.338 e. The second kappa shape index (κ2) is 31.2. The molecule has 86 heavy (non-hydrogen) atoms. The van der Waals surface area contributed by atoms with Gasteiger partial charge < -0.3 is 56.5 Å². The molecule has 0 aliphatic carbocycles. The number of benzene rings is 7. The van der Waals surface area contributed by atoms with Crippen molar-refractivity contribution in [2.75, 3.05) is 20.3 Å². The lowest BCUT2D eigenvalue weighted by Crippen LogP contribution is -2.64. The normalized spacial score (nSPS) is 22.5. The van der Waals surface area contributed by atoms with Gasteiger partial charge >= 0.3 is 5.97 Å². The number of nitrogens with zero attached hydrogens (tertiary/aromatic N) is 1. The van der Waals surface area contributed by atoms with Crippen molar-refractivity contribution in [1.29, 1.82) is 0 Å². The van der Waals surface area contributed by atoms with Crippen LogP contribution in [-0.4, -0.2) is 101 Å². The van der Waals surface area contributed by atoms with E-state index in [1.807, 2.05) is 182 Å². The number of carbonyl (C=O) groups is 1. The lowest BCUT2D eigenvalue weighted by molar-refractivity contribution is -0.386. The molecule has 0 saturated carbocycles. The zero-order chi connectivity index (χ0) is 60.3. The van der Waals surface area contributed by atoms with Crippen molar-refractivity contribution >= 4 is 20.0 Å². The Kier molecular flexibility index (Phi) is 23.1. The van der Waals surface area contributed by atoms with Crippen molar-refractivity contribution in [3.8, 4) is 0 Å². The van der Waals surface area contributed by atoms with Crippen LogP contribution in [0.25, 0.3) is 0 Å². The topological polar surface area (TPSA) is 171 Å². The molecule has 2 aliphatic heterocycles. The van der Waals surface area contributed by atoms with Gasteiger partial charge in [0.2, 0.25) is 0 Å². The SMILES string of the molecule is COC(=O)c1ccc(CO[C@H]2O[C@H](CO[C@@H]3O[C@H](CO[Si](C)(C)C(C)(C)C)[C@@H](OCc4ccccc4)[C@H](OCc4ccccc4)[C@@H]3OCc3ccccc3)[C@@H](OCc3ccccc3)[C@H](OCc3ccccc3)[C@@H]2OCc2ccccc2)c([N+](=O)[O-])c1. The van der Waals surface area contributed by atoms with Gasteiger partial charge in [-0.25, -0.2) is 4.79 Å². The number of nitro benzene ring substituents is 1. The molecule has 0 radical (unpaired) electrons. The summed E-state index contributed by atoms with van der Waals surface area (Å²) in [5.74, 6) is -0.721. The predicted octanol–water partition coefficient (Wildman–Crippen LogP) is 12.9. The Bertz CT molecular complexity index is 3140. The van der Waals surface area contributed by atoms with Crippen molar-refractivity contribution < 1.29 is 66.2 Å². The maximum Gasteiger partial charge on any atom is 0.338 e. The number of rotatable bonds is 29. The molecule has 454 valence electrons. The van der Waals surface area contributed by atoms with E-state index in [2.05, 4.69) is 33.9 Å². The molecule has 9 rings (SSSR count). The van der Waals surface area contributed by atoms with Crippen LogP contribution in [0.3, 0.4) is 0 Å². The van der Waals surface area contributed by atoms with E-state index in [1.165, 1.54) is 25.3 Å². The third-order valence-electron chi connectivity index (χ3n) is 15.8. The van der Waals surface area contributed by atoms with Gasteiger partial charge in [0, 0.05) is 6.07 Å². The van der Waals surface area contributed by atoms with E-state index in [1.54, 1.807) is 0 Å². The summed E-state index contributed by atoms with van der Waals surface area (Å²) in [6.07, 6.45) is -9.38. The van der Waals surface area contributed by atoms with Gasteiger partial charge in [-0.05, 0) is 63.6 Å². The Morgan fingerprint density at radius 3 is 1.14 bits per heavy atom. The molecular weight excluding hydrogens is 1110 g/mol. The zero-order valence-corrected chi connectivity index (χ0v) is 50.8. The second-order valence-corrected chi connectivity index (χ2v) is 27.8. The minimum Gasteiger partial charge on any atom is -0.465 e. The first-order chi connectivity index (χ1) is 41.7. The molecule has 0 N–H and O–H groups in total. The van der Waals surface area contributed by atoms with Crippen molar-refractivity contribution in [3.05, 3.63) is 255 Å². The highest BCUT2D eigenvalue weighted by Crippen LogP contribution is 2.39. The van der Waals surface area contributed by atoms with Crippen molar-refractivity contribution in [3.63, 3.8) is 0 Å². The number of carbonyl (C=O) groups excluding carboxylic acids is 1. The third-order valence-corrected chi connectivity index (χ3v) is 20.3. The van der Waals surface area contributed by atoms with E-state index in [-0.39, 0.29) is 81.3 Å². The van der Waals surface area contributed by atoms with Gasteiger partial charge in [0.25, 0.3) is 5.69 Å². The second-order valence-electron chi connectivity index (χ2n) is 23.0. The van der Waals surface area contributed by atoms with Crippen LogP contribution in [0.15, 0.2) is 200 Å². The van der Waals surface area contributed by atoms with Gasteiger partial charge in [-0.15, -0.1) is 0 Å². The number of ether oxygens (including phenoxy) is 11. The van der Waals surface area contributed by atoms with E-state index in [0.717, 1.165) is 33.4 Å². The maximum absolute atomic E-state index is 12.7. The molecule has 0 spiro atoms. The Morgan fingerprint density at radius 2 is 0.791 bits per heavy atom. The van der Waals surface area contributed by atoms with Crippen molar-refractivity contribution in [1.82, 2.24) is 0 Å². The molecule has 17 heteroatoms. The lowest BCUT2D eigenvalue weighted by Gasteiger charge is -2.48. The Hall–Kier alpha value is -6.81. The highest BCUT2D eigenvalue weighted by atomic mass is 28.4. The first-order valence-corrected chi connectivity index (χ1v) is 32.1. The molecule has 2 heterocycles. The van der Waals surface area contributed by atoms with Gasteiger partial charge in [-0.3, -0.25) is 10.1 Å². The Morgan fingerprint density at radius 1 is 0.453 bits per heavy atom. The number of nitro groups is 1. The summed E-state index contributed by atoms with van der Waals surface area (Å²) in [6, 6.07) is 63.1. The van der Waals surface area contributed by atoms with Gasteiger partial charge in [0.1, 0.15) is 48.8 Å². The van der Waals surface area contributed by atoms with Crippen LogP contribution in [-0.2, 0) is 103 Å². The van der Waals surface area contributed by atoms with Gasteiger partial charge in [0.15, 0.2) is 20.9 Å². The summed E-state index contributed by atoms with van der Waals surface area (Å²) in [4.78, 5) is 24.7. The molecule has 0 bridgehead atoms. The van der Waals surface area contributed by atoms with Gasteiger partial charge in [-0.2, -0.15) is 0 Å². The average Bonchev–Trinajstić information content (AvgIpc) is 2.11. The molecule has 7 aromatic carbocycles. The number of methoxy groups -OCH3 is 1. The van der Waals surface area contributed by atoms with Crippen LogP contribution >= 0.6 is 0 Å². The minimum atomic E-state index is -2.41. The fraction of sp³-hybridized carbons (Fsp3) is 0.377. The quantitative estimate of drug-likeness (QED) is 0.0188. The molecule has 10 atom stereocenters. The van der Waals surface area contributed by atoms with Crippen LogP contribution in [0, 0.1) is 10.1 Å². The fourth-order valence-corrected chi connectivity index (χ4v) is 11.0. The molecular formula is C69H79NO15Si. The molecule has 2 fully saturated rings. The van der Waals surface area contributed by atoms with E-state index < -0.39 is 80.6 Å². The van der Waals surface area contributed by atoms with E-state index >= 15 is 0 Å². The van der Waals surface area contributed by atoms with Crippen LogP contribution in [0.1, 0.15) is 70.1 Å². The summed E-state index contributed by atoms with van der Waals surface area (Å²) in [5, 5.41) is 12.5. The highest BCUT2D eigenvalue weighted by Gasteiger charge is 2.53. The summed E-state index contributed by atoms with van der Waals surface area (Å²) in [7, 11) is -1.19. The summed E-state index contributed by atoms with van der Waals surface area (Å²) in [5.41, 5.74) is 5.33. The molecule has 0 aromatic heterocycles. The van der Waals surface area contributed by atoms with E-state index in [0.29, 0.717) is 0 Å². The van der Waals surface area contributed by atoms with Crippen LogP contribution in [0.4, 0.5) is 5.69 Å². The molecule has 0 unspecified atom stereocenters. The number of esters is 1. The minimum absolute atomic E-state index is 0.0116. The molecule has 2 aliphatic rings. The summed E-state index contributed by atoms with van der Waals surface area (Å²) in [6.45, 7) is 11.7. The van der Waals surface area contributed by atoms with Crippen LogP contribution in [0.5, 0.6) is 0 Å². The standard InChI is InChI=1S/C69H79NO15Si/c1-69(2,3)86(5,6)83-48-59-61(76-41-50-27-15-8-16-28-50)63(78-43-52-31-19-10-20-32-52)65(80-45-54-35-23-12-24-36-54)68(85-59)82-47-58-60(75-40-49-25-13-7-14-26-49)62(77-42-51-29-17-9-18-30-51)64(79-44-53-33-21-11-22-34-53)67(84-58)81-46-56-38-37-55(66(71)74-4)39-57(56)70(72)73/h7-39,58-65,67-68H,40-48H2,1-6H3/t58-,59-,60-,61-,62+,63+,64+,65+,67+,68-/m1/s1. The first-order valence-electron chi connectivity index (χ1n) is 29.2. The first kappa shape index (κ1) is 63.7. The lowest BCUT2D eigenvalue weighted by atomic mass is 9.96. The Labute approximate surface area is 505 Å². The van der Waals surface area contributed by atoms with Gasteiger partial charge in [-0.1, -0.05) is 203 Å². The monoisotopic (exact) mass is 1190 g/mol. The molecule has 2 saturated heterocycles. The molecule has 0 amide bonds. The van der Waals surface area contributed by atoms with Crippen molar-refractivity contribution in [2.45, 2.75) is 147 Å². The maximum atomic E-state index is 12.7. The predicted molar refractivity (Wildman–Crippen MR) is 326 cm³/mol. The van der Waals surface area contributed by atoms with E-state index in [4.69, 9.17) is 56.5 Å². The highest BCUT2D eigenvalue weighted by molar-refractivity contribution is 6.74. The van der Waals surface area contributed by atoms with Crippen LogP contribution < -0.4 is 0 Å². The Balaban J connectivity index is 1.12. The van der Waals surface area contributed by atoms with Crippen molar-refractivity contribution in [2.24, 2.45) is 0 Å². The average molecular weight is 1190 g/mol. The third kappa shape index (κ3) is 17.7. The number of hydrogen-bond donors (Lipinski definition) is 0. The summed E-state index contributed by atoms with van der Waals surface area (Å²) < 4.78 is 82.3. The zero-order valence-electron chi connectivity index (χ0n) is 49.8. The fourth-order valence-electron chi connectivity index (χ4n) is 10.00. The molecule has 7 aromatic rings. The largest absolute Gasteiger partial charge is 0.465 e. The van der Waals surface area contributed by atoms with Crippen LogP contribution in [0.2, 0.25) is 18.1 Å².